The second-order valence-electron chi connectivity index (χ2n) is 4.95. The first kappa shape index (κ1) is 12.0. The lowest BCUT2D eigenvalue weighted by Gasteiger charge is -2.23. The molecule has 0 fully saturated rings. The van der Waals surface area contributed by atoms with E-state index in [4.69, 9.17) is 0 Å². The van der Waals surface area contributed by atoms with E-state index in [2.05, 4.69) is 10.4 Å². The first-order chi connectivity index (χ1) is 9.25. The van der Waals surface area contributed by atoms with Gasteiger partial charge in [-0.1, -0.05) is 18.2 Å². The molecule has 4 heteroatoms. The van der Waals surface area contributed by atoms with Gasteiger partial charge in [0.2, 0.25) is 0 Å². The second-order valence-corrected chi connectivity index (χ2v) is 4.95. The number of fused-ring (bicyclic) bond motifs is 1. The zero-order valence-corrected chi connectivity index (χ0v) is 11.0. The maximum atomic E-state index is 12.2. The molecular weight excluding hydrogens is 238 g/mol. The summed E-state index contributed by atoms with van der Waals surface area (Å²) in [4.78, 5) is 12.2. The lowest BCUT2D eigenvalue weighted by atomic mass is 9.93. The molecule has 1 aromatic heterocycles. The van der Waals surface area contributed by atoms with Gasteiger partial charge in [0.15, 0.2) is 0 Å². The monoisotopic (exact) mass is 255 g/mol. The third kappa shape index (κ3) is 2.26. The van der Waals surface area contributed by atoms with Crippen molar-refractivity contribution in [2.45, 2.75) is 25.3 Å². The number of aryl methyl sites for hydroxylation is 1. The van der Waals surface area contributed by atoms with Crippen LogP contribution in [0.1, 0.15) is 40.5 Å². The van der Waals surface area contributed by atoms with E-state index in [1.165, 1.54) is 5.69 Å². The number of hydrogen-bond donors (Lipinski definition) is 1. The van der Waals surface area contributed by atoms with Gasteiger partial charge in [0.1, 0.15) is 0 Å². The van der Waals surface area contributed by atoms with Crippen molar-refractivity contribution < 1.29 is 4.79 Å². The van der Waals surface area contributed by atoms with Gasteiger partial charge in [-0.05, 0) is 31.4 Å². The SMILES string of the molecule is Cn1ncc2c1CCCC2NC(=O)c1ccccc1. The van der Waals surface area contributed by atoms with Gasteiger partial charge in [-0.25, -0.2) is 0 Å². The van der Waals surface area contributed by atoms with Gasteiger partial charge in [0, 0.05) is 23.9 Å². The Labute approximate surface area is 112 Å². The van der Waals surface area contributed by atoms with Crippen LogP contribution in [-0.2, 0) is 13.5 Å². The van der Waals surface area contributed by atoms with Crippen LogP contribution in [0.25, 0.3) is 0 Å². The Bertz CT molecular complexity index is 589. The fraction of sp³-hybridized carbons (Fsp3) is 0.333. The topological polar surface area (TPSA) is 46.9 Å². The van der Waals surface area contributed by atoms with Crippen molar-refractivity contribution in [1.82, 2.24) is 15.1 Å². The van der Waals surface area contributed by atoms with Crippen molar-refractivity contribution in [2.24, 2.45) is 7.05 Å². The zero-order valence-electron chi connectivity index (χ0n) is 11.0. The molecule has 0 saturated heterocycles. The van der Waals surface area contributed by atoms with Gasteiger partial charge in [-0.3, -0.25) is 9.48 Å². The van der Waals surface area contributed by atoms with E-state index >= 15 is 0 Å². The minimum absolute atomic E-state index is 0.0118. The molecule has 1 unspecified atom stereocenters. The van der Waals surface area contributed by atoms with Crippen LogP contribution in [0.3, 0.4) is 0 Å². The van der Waals surface area contributed by atoms with Crippen molar-refractivity contribution in [2.75, 3.05) is 0 Å². The van der Waals surface area contributed by atoms with Gasteiger partial charge in [0.25, 0.3) is 5.91 Å². The maximum Gasteiger partial charge on any atom is 0.251 e. The van der Waals surface area contributed by atoms with Crippen molar-refractivity contribution in [3.8, 4) is 0 Å². The van der Waals surface area contributed by atoms with Crippen LogP contribution in [0.4, 0.5) is 0 Å². The summed E-state index contributed by atoms with van der Waals surface area (Å²) in [5.74, 6) is -0.0118. The molecule has 1 N–H and O–H groups in total. The maximum absolute atomic E-state index is 12.2. The smallest absolute Gasteiger partial charge is 0.251 e. The molecule has 1 aromatic carbocycles. The number of carbonyl (C=O) groups is 1. The summed E-state index contributed by atoms with van der Waals surface area (Å²) in [5.41, 5.74) is 3.11. The molecule has 0 aliphatic heterocycles. The van der Waals surface area contributed by atoms with Gasteiger partial charge in [-0.15, -0.1) is 0 Å². The molecular formula is C15H17N3O. The molecule has 4 nitrogen and oxygen atoms in total. The lowest BCUT2D eigenvalue weighted by molar-refractivity contribution is 0.0932. The Balaban J connectivity index is 1.80. The van der Waals surface area contributed by atoms with Crippen LogP contribution in [0.15, 0.2) is 36.5 Å². The average Bonchev–Trinajstić information content (AvgIpc) is 2.83. The summed E-state index contributed by atoms with van der Waals surface area (Å²) >= 11 is 0. The highest BCUT2D eigenvalue weighted by Crippen LogP contribution is 2.29. The highest BCUT2D eigenvalue weighted by Gasteiger charge is 2.24. The molecule has 2 aromatic rings. The van der Waals surface area contributed by atoms with E-state index in [0.717, 1.165) is 24.8 Å². The molecule has 1 amide bonds. The van der Waals surface area contributed by atoms with Gasteiger partial charge < -0.3 is 5.32 Å². The molecule has 1 atom stereocenters. The number of nitrogens with one attached hydrogen (secondary N) is 1. The highest BCUT2D eigenvalue weighted by molar-refractivity contribution is 5.94. The molecule has 0 bridgehead atoms. The quantitative estimate of drug-likeness (QED) is 0.894. The van der Waals surface area contributed by atoms with Crippen molar-refractivity contribution >= 4 is 5.91 Å². The molecule has 0 spiro atoms. The van der Waals surface area contributed by atoms with E-state index in [0.29, 0.717) is 5.56 Å². The van der Waals surface area contributed by atoms with Crippen molar-refractivity contribution in [3.05, 3.63) is 53.3 Å². The standard InChI is InChI=1S/C15H17N3O/c1-18-14-9-5-8-13(12(14)10-16-18)17-15(19)11-6-3-2-4-7-11/h2-4,6-7,10,13H,5,8-9H2,1H3,(H,17,19). The Hall–Kier alpha value is -2.10. The predicted octanol–water partition coefficient (Wildman–Crippen LogP) is 2.23. The Morgan fingerprint density at radius 2 is 2.16 bits per heavy atom. The molecule has 98 valence electrons. The number of rotatable bonds is 2. The van der Waals surface area contributed by atoms with Gasteiger partial charge in [0.05, 0.1) is 12.2 Å². The van der Waals surface area contributed by atoms with Crippen molar-refractivity contribution in [1.29, 1.82) is 0 Å². The number of carbonyl (C=O) groups excluding carboxylic acids is 1. The van der Waals surface area contributed by atoms with Crippen LogP contribution in [0, 0.1) is 0 Å². The average molecular weight is 255 g/mol. The molecule has 19 heavy (non-hydrogen) atoms. The zero-order chi connectivity index (χ0) is 13.2. The summed E-state index contributed by atoms with van der Waals surface area (Å²) in [6.45, 7) is 0. The summed E-state index contributed by atoms with van der Waals surface area (Å²) in [7, 11) is 1.96. The summed E-state index contributed by atoms with van der Waals surface area (Å²) < 4.78 is 1.91. The molecule has 1 aliphatic rings. The fourth-order valence-electron chi connectivity index (χ4n) is 2.69. The number of nitrogens with zero attached hydrogens (tertiary/aromatic N) is 2. The summed E-state index contributed by atoms with van der Waals surface area (Å²) in [6, 6.07) is 9.43. The highest BCUT2D eigenvalue weighted by atomic mass is 16.1. The molecule has 3 rings (SSSR count). The molecule has 0 saturated carbocycles. The van der Waals surface area contributed by atoms with Crippen LogP contribution in [0.5, 0.6) is 0 Å². The summed E-state index contributed by atoms with van der Waals surface area (Å²) in [6.07, 6.45) is 5.00. The largest absolute Gasteiger partial charge is 0.345 e. The molecule has 1 heterocycles. The van der Waals surface area contributed by atoms with E-state index in [1.807, 2.05) is 48.3 Å². The van der Waals surface area contributed by atoms with E-state index in [1.54, 1.807) is 0 Å². The van der Waals surface area contributed by atoms with Crippen LogP contribution in [0.2, 0.25) is 0 Å². The van der Waals surface area contributed by atoms with E-state index < -0.39 is 0 Å². The van der Waals surface area contributed by atoms with Gasteiger partial charge >= 0.3 is 0 Å². The third-order valence-electron chi connectivity index (χ3n) is 3.72. The Kier molecular flexibility index (Phi) is 3.07. The van der Waals surface area contributed by atoms with Crippen LogP contribution < -0.4 is 5.32 Å². The van der Waals surface area contributed by atoms with Crippen molar-refractivity contribution in [3.63, 3.8) is 0 Å². The molecule has 1 aliphatic carbocycles. The van der Waals surface area contributed by atoms with Crippen LogP contribution >= 0.6 is 0 Å². The minimum atomic E-state index is -0.0118. The first-order valence-corrected chi connectivity index (χ1v) is 6.62. The number of aromatic nitrogens is 2. The summed E-state index contributed by atoms with van der Waals surface area (Å²) in [5, 5.41) is 7.41. The van der Waals surface area contributed by atoms with Crippen LogP contribution in [-0.4, -0.2) is 15.7 Å². The third-order valence-corrected chi connectivity index (χ3v) is 3.72. The second kappa shape index (κ2) is 4.88. The number of hydrogen-bond acceptors (Lipinski definition) is 2. The normalized spacial score (nSPS) is 17.8. The molecule has 0 radical (unpaired) electrons. The number of benzene rings is 1. The van der Waals surface area contributed by atoms with Gasteiger partial charge in [-0.2, -0.15) is 5.10 Å². The minimum Gasteiger partial charge on any atom is -0.345 e. The first-order valence-electron chi connectivity index (χ1n) is 6.62. The number of amides is 1. The van der Waals surface area contributed by atoms with E-state index in [9.17, 15) is 4.79 Å². The fourth-order valence-corrected chi connectivity index (χ4v) is 2.69. The van der Waals surface area contributed by atoms with E-state index in [-0.39, 0.29) is 11.9 Å². The Morgan fingerprint density at radius 1 is 1.37 bits per heavy atom. The predicted molar refractivity (Wildman–Crippen MR) is 72.8 cm³/mol. The Morgan fingerprint density at radius 3 is 2.95 bits per heavy atom. The lowest BCUT2D eigenvalue weighted by Crippen LogP contribution is -2.30.